The van der Waals surface area contributed by atoms with Crippen molar-refractivity contribution in [3.05, 3.63) is 17.8 Å². The highest BCUT2D eigenvalue weighted by Gasteiger charge is 2.35. The topological polar surface area (TPSA) is 102 Å². The molecule has 17 heavy (non-hydrogen) atoms. The summed E-state index contributed by atoms with van der Waals surface area (Å²) in [6.45, 7) is 2.07. The molecule has 1 unspecified atom stereocenters. The van der Waals surface area contributed by atoms with E-state index in [0.29, 0.717) is 11.5 Å². The fourth-order valence-electron chi connectivity index (χ4n) is 1.87. The van der Waals surface area contributed by atoms with Gasteiger partial charge in [0, 0.05) is 18.7 Å². The average Bonchev–Trinajstić information content (AvgIpc) is 2.64. The summed E-state index contributed by atoms with van der Waals surface area (Å²) in [7, 11) is 0. The second-order valence-electron chi connectivity index (χ2n) is 4.17. The van der Waals surface area contributed by atoms with Crippen molar-refractivity contribution in [3.8, 4) is 0 Å². The lowest BCUT2D eigenvalue weighted by molar-refractivity contribution is -0.123. The number of amides is 2. The number of aryl methyl sites for hydroxylation is 1. The number of carbonyl (C=O) groups is 2. The molecule has 1 atom stereocenters. The van der Waals surface area contributed by atoms with E-state index >= 15 is 0 Å². The predicted molar refractivity (Wildman–Crippen MR) is 63.0 cm³/mol. The van der Waals surface area contributed by atoms with E-state index in [1.807, 2.05) is 6.92 Å². The van der Waals surface area contributed by atoms with Crippen LogP contribution in [0.3, 0.4) is 0 Å². The van der Waals surface area contributed by atoms with E-state index in [1.165, 1.54) is 4.90 Å². The van der Waals surface area contributed by atoms with Gasteiger partial charge in [-0.15, -0.1) is 0 Å². The van der Waals surface area contributed by atoms with Gasteiger partial charge in [-0.05, 0) is 19.1 Å². The van der Waals surface area contributed by atoms with Crippen molar-refractivity contribution in [2.45, 2.75) is 13.3 Å². The van der Waals surface area contributed by atoms with Gasteiger partial charge in [0.25, 0.3) is 0 Å². The summed E-state index contributed by atoms with van der Waals surface area (Å²) in [5.41, 5.74) is 12.2. The molecule has 0 saturated carbocycles. The number of primary amides is 1. The highest BCUT2D eigenvalue weighted by Crippen LogP contribution is 2.27. The molecule has 1 aromatic heterocycles. The standard InChI is InChI=1S/C11H14N4O2/c1-6-2-3-8(12)11(14-6)15-5-7(10(13)17)4-9(15)16/h2-3,7H,4-5,12H2,1H3,(H2,13,17). The van der Waals surface area contributed by atoms with Crippen LogP contribution >= 0.6 is 0 Å². The van der Waals surface area contributed by atoms with E-state index < -0.39 is 11.8 Å². The minimum Gasteiger partial charge on any atom is -0.396 e. The van der Waals surface area contributed by atoms with Gasteiger partial charge in [-0.1, -0.05) is 0 Å². The van der Waals surface area contributed by atoms with E-state index in [2.05, 4.69) is 4.98 Å². The quantitative estimate of drug-likeness (QED) is 0.740. The monoisotopic (exact) mass is 234 g/mol. The molecule has 6 nitrogen and oxygen atoms in total. The maximum Gasteiger partial charge on any atom is 0.229 e. The fraction of sp³-hybridized carbons (Fsp3) is 0.364. The summed E-state index contributed by atoms with van der Waals surface area (Å²) in [5.74, 6) is -0.673. The molecule has 4 N–H and O–H groups in total. The molecule has 1 aromatic rings. The molecule has 0 aliphatic carbocycles. The van der Waals surface area contributed by atoms with Crippen molar-refractivity contribution in [1.29, 1.82) is 0 Å². The average molecular weight is 234 g/mol. The summed E-state index contributed by atoms with van der Waals surface area (Å²) in [4.78, 5) is 28.5. The third kappa shape index (κ3) is 2.06. The van der Waals surface area contributed by atoms with Crippen molar-refractivity contribution in [2.75, 3.05) is 17.2 Å². The number of rotatable bonds is 2. The minimum absolute atomic E-state index is 0.129. The van der Waals surface area contributed by atoms with Crippen molar-refractivity contribution in [3.63, 3.8) is 0 Å². The molecule has 1 aliphatic rings. The number of hydrogen-bond donors (Lipinski definition) is 2. The van der Waals surface area contributed by atoms with Crippen LogP contribution in [0.5, 0.6) is 0 Å². The van der Waals surface area contributed by atoms with Gasteiger partial charge < -0.3 is 11.5 Å². The number of aromatic nitrogens is 1. The number of nitrogen functional groups attached to an aromatic ring is 1. The lowest BCUT2D eigenvalue weighted by Crippen LogP contribution is -2.29. The summed E-state index contributed by atoms with van der Waals surface area (Å²) in [5, 5.41) is 0. The molecule has 90 valence electrons. The molecule has 0 radical (unpaired) electrons. The van der Waals surface area contributed by atoms with Crippen molar-refractivity contribution in [1.82, 2.24) is 4.98 Å². The Kier molecular flexibility index (Phi) is 2.71. The lowest BCUT2D eigenvalue weighted by Gasteiger charge is -2.17. The smallest absolute Gasteiger partial charge is 0.229 e. The number of nitrogens with zero attached hydrogens (tertiary/aromatic N) is 2. The highest BCUT2D eigenvalue weighted by molar-refractivity contribution is 6.01. The number of nitrogens with two attached hydrogens (primary N) is 2. The largest absolute Gasteiger partial charge is 0.396 e. The van der Waals surface area contributed by atoms with E-state index in [4.69, 9.17) is 11.5 Å². The Hall–Kier alpha value is -2.11. The van der Waals surface area contributed by atoms with E-state index in [-0.39, 0.29) is 18.9 Å². The molecule has 6 heteroatoms. The summed E-state index contributed by atoms with van der Waals surface area (Å²) in [6.07, 6.45) is 0.129. The summed E-state index contributed by atoms with van der Waals surface area (Å²) >= 11 is 0. The Labute approximate surface area is 98.6 Å². The maximum absolute atomic E-state index is 11.8. The summed E-state index contributed by atoms with van der Waals surface area (Å²) in [6, 6.07) is 3.47. The normalized spacial score (nSPS) is 19.7. The van der Waals surface area contributed by atoms with Gasteiger partial charge in [0.2, 0.25) is 11.8 Å². The van der Waals surface area contributed by atoms with E-state index in [9.17, 15) is 9.59 Å². The van der Waals surface area contributed by atoms with Crippen LogP contribution in [-0.4, -0.2) is 23.3 Å². The first-order valence-corrected chi connectivity index (χ1v) is 5.32. The molecule has 1 saturated heterocycles. The molecule has 0 bridgehead atoms. The van der Waals surface area contributed by atoms with Gasteiger partial charge in [0.05, 0.1) is 11.6 Å². The van der Waals surface area contributed by atoms with Gasteiger partial charge in [-0.3, -0.25) is 14.5 Å². The molecular formula is C11H14N4O2. The fourth-order valence-corrected chi connectivity index (χ4v) is 1.87. The van der Waals surface area contributed by atoms with Gasteiger partial charge in [-0.2, -0.15) is 0 Å². The molecule has 2 amide bonds. The zero-order valence-electron chi connectivity index (χ0n) is 9.51. The Bertz CT molecular complexity index is 486. The lowest BCUT2D eigenvalue weighted by atomic mass is 10.1. The second-order valence-corrected chi connectivity index (χ2v) is 4.17. The van der Waals surface area contributed by atoms with Crippen LogP contribution in [0.15, 0.2) is 12.1 Å². The Morgan fingerprint density at radius 2 is 2.24 bits per heavy atom. The van der Waals surface area contributed by atoms with Gasteiger partial charge in [0.1, 0.15) is 0 Å². The van der Waals surface area contributed by atoms with Crippen LogP contribution in [0.2, 0.25) is 0 Å². The molecule has 0 spiro atoms. The van der Waals surface area contributed by atoms with Gasteiger partial charge in [-0.25, -0.2) is 4.98 Å². The minimum atomic E-state index is -0.466. The third-order valence-electron chi connectivity index (χ3n) is 2.83. The Balaban J connectivity index is 2.32. The van der Waals surface area contributed by atoms with Crippen molar-refractivity contribution < 1.29 is 9.59 Å². The van der Waals surface area contributed by atoms with Crippen LogP contribution in [-0.2, 0) is 9.59 Å². The second kappa shape index (κ2) is 4.04. The van der Waals surface area contributed by atoms with Crippen LogP contribution in [0, 0.1) is 12.8 Å². The Morgan fingerprint density at radius 3 is 2.82 bits per heavy atom. The first-order chi connectivity index (χ1) is 7.99. The van der Waals surface area contributed by atoms with Crippen molar-refractivity contribution in [2.24, 2.45) is 11.7 Å². The molecule has 0 aromatic carbocycles. The molecule has 2 rings (SSSR count). The first-order valence-electron chi connectivity index (χ1n) is 5.32. The SMILES string of the molecule is Cc1ccc(N)c(N2CC(C(N)=O)CC2=O)n1. The zero-order chi connectivity index (χ0) is 12.6. The third-order valence-corrected chi connectivity index (χ3v) is 2.83. The summed E-state index contributed by atoms with van der Waals surface area (Å²) < 4.78 is 0. The number of anilines is 2. The van der Waals surface area contributed by atoms with Crippen LogP contribution in [0.25, 0.3) is 0 Å². The van der Waals surface area contributed by atoms with Gasteiger partial charge >= 0.3 is 0 Å². The molecular weight excluding hydrogens is 220 g/mol. The first kappa shape index (κ1) is 11.4. The van der Waals surface area contributed by atoms with E-state index in [1.54, 1.807) is 12.1 Å². The Morgan fingerprint density at radius 1 is 1.53 bits per heavy atom. The van der Waals surface area contributed by atoms with Crippen LogP contribution in [0.1, 0.15) is 12.1 Å². The van der Waals surface area contributed by atoms with E-state index in [0.717, 1.165) is 5.69 Å². The molecule has 1 fully saturated rings. The van der Waals surface area contributed by atoms with Crippen LogP contribution in [0.4, 0.5) is 11.5 Å². The number of hydrogen-bond acceptors (Lipinski definition) is 4. The zero-order valence-corrected chi connectivity index (χ0v) is 9.51. The predicted octanol–water partition coefficient (Wildman–Crippen LogP) is -0.190. The molecule has 1 aliphatic heterocycles. The molecule has 2 heterocycles. The highest BCUT2D eigenvalue weighted by atomic mass is 16.2. The number of pyridine rings is 1. The van der Waals surface area contributed by atoms with Crippen molar-refractivity contribution >= 4 is 23.3 Å². The maximum atomic E-state index is 11.8. The van der Waals surface area contributed by atoms with Gasteiger partial charge in [0.15, 0.2) is 5.82 Å². The number of carbonyl (C=O) groups excluding carboxylic acids is 2. The van der Waals surface area contributed by atoms with Crippen LogP contribution < -0.4 is 16.4 Å².